The van der Waals surface area contributed by atoms with Crippen LogP contribution in [0, 0.1) is 11.6 Å². The first-order chi connectivity index (χ1) is 12.6. The van der Waals surface area contributed by atoms with Gasteiger partial charge in [-0.25, -0.2) is 8.78 Å². The van der Waals surface area contributed by atoms with E-state index in [9.17, 15) is 13.6 Å². The number of rotatable bonds is 6. The summed E-state index contributed by atoms with van der Waals surface area (Å²) in [5.74, 6) is -1.83. The Bertz CT molecular complexity index is 927. The standard InChI is InChI=1S/C21H15BrF2O2/c22-12-20(25)16-8-4-7-15(9-16)17-10-18(23)19(24)11-21(17)26-13-14-5-2-1-3-6-14/h1-11H,12-13H2. The van der Waals surface area contributed by atoms with Gasteiger partial charge in [0.25, 0.3) is 0 Å². The molecule has 0 saturated heterocycles. The summed E-state index contributed by atoms with van der Waals surface area (Å²) in [6.45, 7) is 0.221. The number of ketones is 1. The molecule has 0 fully saturated rings. The second-order valence-electron chi connectivity index (χ2n) is 5.67. The Morgan fingerprint density at radius 3 is 2.38 bits per heavy atom. The number of carbonyl (C=O) groups excluding carboxylic acids is 1. The molecule has 3 aromatic rings. The van der Waals surface area contributed by atoms with Gasteiger partial charge in [0.05, 0.1) is 5.33 Å². The second kappa shape index (κ2) is 8.23. The number of benzene rings is 3. The molecule has 0 spiro atoms. The largest absolute Gasteiger partial charge is 0.488 e. The van der Waals surface area contributed by atoms with Crippen molar-refractivity contribution < 1.29 is 18.3 Å². The molecule has 3 rings (SSSR count). The minimum Gasteiger partial charge on any atom is -0.488 e. The van der Waals surface area contributed by atoms with Crippen LogP contribution in [0.4, 0.5) is 8.78 Å². The van der Waals surface area contributed by atoms with Crippen LogP contribution in [-0.2, 0) is 6.61 Å². The van der Waals surface area contributed by atoms with Crippen molar-refractivity contribution in [3.05, 3.63) is 89.5 Å². The molecule has 0 N–H and O–H groups in total. The molecule has 0 amide bonds. The van der Waals surface area contributed by atoms with Gasteiger partial charge >= 0.3 is 0 Å². The lowest BCUT2D eigenvalue weighted by molar-refractivity contribution is 0.102. The molecule has 0 saturated carbocycles. The van der Waals surface area contributed by atoms with Crippen LogP contribution in [0.1, 0.15) is 15.9 Å². The van der Waals surface area contributed by atoms with Crippen LogP contribution in [-0.4, -0.2) is 11.1 Å². The van der Waals surface area contributed by atoms with E-state index in [1.54, 1.807) is 24.3 Å². The molecule has 0 aliphatic carbocycles. The maximum atomic E-state index is 13.8. The van der Waals surface area contributed by atoms with Crippen LogP contribution >= 0.6 is 15.9 Å². The molecule has 0 aliphatic rings. The first-order valence-electron chi connectivity index (χ1n) is 7.94. The summed E-state index contributed by atoms with van der Waals surface area (Å²) in [6.07, 6.45) is 0. The highest BCUT2D eigenvalue weighted by molar-refractivity contribution is 9.09. The number of halogens is 3. The molecule has 26 heavy (non-hydrogen) atoms. The van der Waals surface area contributed by atoms with Gasteiger partial charge in [0.2, 0.25) is 0 Å². The van der Waals surface area contributed by atoms with Crippen molar-refractivity contribution in [2.24, 2.45) is 0 Å². The Morgan fingerprint density at radius 2 is 1.65 bits per heavy atom. The van der Waals surface area contributed by atoms with Crippen LogP contribution < -0.4 is 4.74 Å². The number of hydrogen-bond donors (Lipinski definition) is 0. The summed E-state index contributed by atoms with van der Waals surface area (Å²) < 4.78 is 33.3. The first kappa shape index (κ1) is 18.3. The van der Waals surface area contributed by atoms with Crippen molar-refractivity contribution in [3.8, 4) is 16.9 Å². The van der Waals surface area contributed by atoms with E-state index in [0.717, 1.165) is 17.7 Å². The summed E-state index contributed by atoms with van der Waals surface area (Å²) in [4.78, 5) is 11.9. The molecule has 132 valence electrons. The van der Waals surface area contributed by atoms with Crippen molar-refractivity contribution in [3.63, 3.8) is 0 Å². The number of alkyl halides is 1. The summed E-state index contributed by atoms with van der Waals surface area (Å²) in [6, 6.07) is 18.3. The second-order valence-corrected chi connectivity index (χ2v) is 6.24. The van der Waals surface area contributed by atoms with Gasteiger partial charge in [-0.15, -0.1) is 0 Å². The number of Topliss-reactive ketones (excluding diaryl/α,β-unsaturated/α-hetero) is 1. The van der Waals surface area contributed by atoms with Crippen LogP contribution in [0.2, 0.25) is 0 Å². The highest BCUT2D eigenvalue weighted by Crippen LogP contribution is 2.33. The molecule has 0 atom stereocenters. The molecule has 3 aromatic carbocycles. The van der Waals surface area contributed by atoms with Gasteiger partial charge in [-0.05, 0) is 23.3 Å². The Morgan fingerprint density at radius 1 is 0.923 bits per heavy atom. The lowest BCUT2D eigenvalue weighted by Crippen LogP contribution is -2.01. The van der Waals surface area contributed by atoms with E-state index >= 15 is 0 Å². The van der Waals surface area contributed by atoms with E-state index in [-0.39, 0.29) is 23.5 Å². The van der Waals surface area contributed by atoms with Crippen LogP contribution in [0.15, 0.2) is 66.7 Å². The minimum atomic E-state index is -0.982. The zero-order valence-electron chi connectivity index (χ0n) is 13.7. The SMILES string of the molecule is O=C(CBr)c1cccc(-c2cc(F)c(F)cc2OCc2ccccc2)c1. The fraction of sp³-hybridized carbons (Fsp3) is 0.0952. The Kier molecular flexibility index (Phi) is 5.78. The molecular weight excluding hydrogens is 402 g/mol. The third-order valence-electron chi connectivity index (χ3n) is 3.88. The smallest absolute Gasteiger partial charge is 0.173 e. The normalized spacial score (nSPS) is 10.6. The van der Waals surface area contributed by atoms with Gasteiger partial charge in [0.15, 0.2) is 17.4 Å². The molecule has 5 heteroatoms. The molecule has 2 nitrogen and oxygen atoms in total. The minimum absolute atomic E-state index is 0.0961. The Balaban J connectivity index is 1.98. The monoisotopic (exact) mass is 416 g/mol. The lowest BCUT2D eigenvalue weighted by Gasteiger charge is -2.13. The van der Waals surface area contributed by atoms with Gasteiger partial charge in [-0.1, -0.05) is 64.5 Å². The fourth-order valence-corrected chi connectivity index (χ4v) is 2.87. The Labute approximate surface area is 158 Å². The zero-order valence-corrected chi connectivity index (χ0v) is 15.3. The topological polar surface area (TPSA) is 26.3 Å². The molecular formula is C21H15BrF2O2. The number of hydrogen-bond acceptors (Lipinski definition) is 2. The molecule has 0 heterocycles. The molecule has 0 unspecified atom stereocenters. The van der Waals surface area contributed by atoms with Crippen LogP contribution in [0.3, 0.4) is 0 Å². The zero-order chi connectivity index (χ0) is 18.5. The van der Waals surface area contributed by atoms with Crippen molar-refractivity contribution in [2.75, 3.05) is 5.33 Å². The maximum Gasteiger partial charge on any atom is 0.173 e. The summed E-state index contributed by atoms with van der Waals surface area (Å²) in [5, 5.41) is 0.186. The lowest BCUT2D eigenvalue weighted by atomic mass is 10.0. The fourth-order valence-electron chi connectivity index (χ4n) is 2.55. The van der Waals surface area contributed by atoms with Crippen molar-refractivity contribution in [1.82, 2.24) is 0 Å². The average Bonchev–Trinajstić information content (AvgIpc) is 2.68. The maximum absolute atomic E-state index is 13.8. The van der Waals surface area contributed by atoms with Gasteiger partial charge < -0.3 is 4.74 Å². The quantitative estimate of drug-likeness (QED) is 0.375. The van der Waals surface area contributed by atoms with Gasteiger partial charge in [0, 0.05) is 17.2 Å². The predicted molar refractivity (Wildman–Crippen MR) is 101 cm³/mol. The molecule has 0 aliphatic heterocycles. The Hall–Kier alpha value is -2.53. The average molecular weight is 417 g/mol. The van der Waals surface area contributed by atoms with E-state index in [4.69, 9.17) is 4.74 Å². The third-order valence-corrected chi connectivity index (χ3v) is 4.39. The molecule has 0 aromatic heterocycles. The summed E-state index contributed by atoms with van der Waals surface area (Å²) in [7, 11) is 0. The number of carbonyl (C=O) groups is 1. The third kappa shape index (κ3) is 4.17. The first-order valence-corrected chi connectivity index (χ1v) is 9.06. The predicted octanol–water partition coefficient (Wildman–Crippen LogP) is 5.79. The molecule has 0 radical (unpaired) electrons. The van der Waals surface area contributed by atoms with E-state index in [0.29, 0.717) is 16.7 Å². The summed E-state index contributed by atoms with van der Waals surface area (Å²) in [5.41, 5.74) is 2.37. The van der Waals surface area contributed by atoms with Gasteiger partial charge in [-0.2, -0.15) is 0 Å². The summed E-state index contributed by atoms with van der Waals surface area (Å²) >= 11 is 3.13. The van der Waals surface area contributed by atoms with E-state index in [1.165, 1.54) is 0 Å². The van der Waals surface area contributed by atoms with E-state index in [2.05, 4.69) is 15.9 Å². The highest BCUT2D eigenvalue weighted by atomic mass is 79.9. The molecule has 0 bridgehead atoms. The van der Waals surface area contributed by atoms with Crippen molar-refractivity contribution in [2.45, 2.75) is 6.61 Å². The van der Waals surface area contributed by atoms with E-state index in [1.807, 2.05) is 30.3 Å². The van der Waals surface area contributed by atoms with Crippen LogP contribution in [0.5, 0.6) is 5.75 Å². The number of ether oxygens (including phenoxy) is 1. The van der Waals surface area contributed by atoms with Crippen molar-refractivity contribution >= 4 is 21.7 Å². The highest BCUT2D eigenvalue weighted by Gasteiger charge is 2.14. The van der Waals surface area contributed by atoms with Crippen molar-refractivity contribution in [1.29, 1.82) is 0 Å². The van der Waals surface area contributed by atoms with Gasteiger partial charge in [-0.3, -0.25) is 4.79 Å². The van der Waals surface area contributed by atoms with Crippen LogP contribution in [0.25, 0.3) is 11.1 Å². The van der Waals surface area contributed by atoms with E-state index < -0.39 is 11.6 Å². The van der Waals surface area contributed by atoms with Gasteiger partial charge in [0.1, 0.15) is 12.4 Å².